The zero-order valence-corrected chi connectivity index (χ0v) is 18.0. The summed E-state index contributed by atoms with van der Waals surface area (Å²) in [7, 11) is 0. The van der Waals surface area contributed by atoms with Gasteiger partial charge >= 0.3 is 0 Å². The zero-order chi connectivity index (χ0) is 20.8. The Hall–Kier alpha value is -1.88. The Kier molecular flexibility index (Phi) is 7.70. The molecular weight excluding hydrogens is 362 g/mol. The molecule has 3 rings (SSSR count). The molecule has 1 aromatic carbocycles. The van der Waals surface area contributed by atoms with Crippen molar-refractivity contribution in [3.8, 4) is 0 Å². The highest BCUT2D eigenvalue weighted by Crippen LogP contribution is 2.33. The van der Waals surface area contributed by atoms with Crippen LogP contribution in [0.4, 0.5) is 0 Å². The van der Waals surface area contributed by atoms with Crippen molar-refractivity contribution in [2.24, 2.45) is 17.6 Å². The maximum atomic E-state index is 12.7. The minimum atomic E-state index is -0.298. The largest absolute Gasteiger partial charge is 0.369 e. The lowest BCUT2D eigenvalue weighted by Gasteiger charge is -2.32. The van der Waals surface area contributed by atoms with Crippen LogP contribution >= 0.6 is 0 Å². The van der Waals surface area contributed by atoms with E-state index in [1.54, 1.807) is 4.90 Å². The number of likely N-dealkylation sites (tertiary alicyclic amines) is 1. The molecular formula is C24H37N3O2. The molecule has 2 amide bonds. The molecule has 0 aromatic heterocycles. The first-order valence-corrected chi connectivity index (χ1v) is 11.4. The Morgan fingerprint density at radius 1 is 1.07 bits per heavy atom. The zero-order valence-electron chi connectivity index (χ0n) is 18.0. The molecule has 2 fully saturated rings. The number of nitrogens with zero attached hydrogens (tertiary/aromatic N) is 1. The lowest BCUT2D eigenvalue weighted by Crippen LogP contribution is -2.47. The van der Waals surface area contributed by atoms with Gasteiger partial charge in [0.1, 0.15) is 0 Å². The molecule has 3 N–H and O–H groups in total. The summed E-state index contributed by atoms with van der Waals surface area (Å²) in [5.41, 5.74) is 8.13. The fraction of sp³-hybridized carbons (Fsp3) is 0.667. The molecule has 0 radical (unpaired) electrons. The Labute approximate surface area is 175 Å². The molecule has 1 aromatic rings. The lowest BCUT2D eigenvalue weighted by molar-refractivity contribution is -0.134. The van der Waals surface area contributed by atoms with Crippen molar-refractivity contribution in [1.82, 2.24) is 10.2 Å². The minimum Gasteiger partial charge on any atom is -0.369 e. The third kappa shape index (κ3) is 5.81. The van der Waals surface area contributed by atoms with E-state index in [2.05, 4.69) is 43.4 Å². The summed E-state index contributed by atoms with van der Waals surface area (Å²) in [6, 6.07) is 9.17. The molecule has 0 unspecified atom stereocenters. The normalized spacial score (nSPS) is 21.9. The first-order chi connectivity index (χ1) is 14.0. The van der Waals surface area contributed by atoms with E-state index in [-0.39, 0.29) is 23.8 Å². The fourth-order valence-electron chi connectivity index (χ4n) is 4.89. The average Bonchev–Trinajstić information content (AvgIpc) is 2.74. The van der Waals surface area contributed by atoms with Crippen LogP contribution in [-0.2, 0) is 9.59 Å². The van der Waals surface area contributed by atoms with E-state index < -0.39 is 0 Å². The second kappa shape index (κ2) is 10.2. The molecule has 1 heterocycles. The molecule has 1 aliphatic carbocycles. The summed E-state index contributed by atoms with van der Waals surface area (Å²) in [6.07, 6.45) is 8.31. The molecule has 5 nitrogen and oxygen atoms in total. The lowest BCUT2D eigenvalue weighted by atomic mass is 9.83. The molecule has 1 saturated carbocycles. The van der Waals surface area contributed by atoms with Crippen molar-refractivity contribution in [1.29, 1.82) is 0 Å². The number of carbonyl (C=O) groups is 2. The minimum absolute atomic E-state index is 0.0559. The topological polar surface area (TPSA) is 75.4 Å². The second-order valence-electron chi connectivity index (χ2n) is 9.19. The Morgan fingerprint density at radius 2 is 1.76 bits per heavy atom. The van der Waals surface area contributed by atoms with Crippen LogP contribution in [0.25, 0.3) is 0 Å². The number of benzene rings is 1. The third-order valence-electron chi connectivity index (χ3n) is 6.69. The van der Waals surface area contributed by atoms with Gasteiger partial charge in [0.2, 0.25) is 11.8 Å². The Bertz CT molecular complexity index is 680. The third-order valence-corrected chi connectivity index (χ3v) is 6.69. The number of piperidine rings is 1. The molecule has 1 saturated heterocycles. The van der Waals surface area contributed by atoms with Gasteiger partial charge in [0.25, 0.3) is 0 Å². The first kappa shape index (κ1) is 21.8. The van der Waals surface area contributed by atoms with E-state index >= 15 is 0 Å². The quantitative estimate of drug-likeness (QED) is 0.733. The highest BCUT2D eigenvalue weighted by atomic mass is 16.2. The van der Waals surface area contributed by atoms with E-state index in [9.17, 15) is 9.59 Å². The summed E-state index contributed by atoms with van der Waals surface area (Å²) in [5.74, 6) is 0.639. The van der Waals surface area contributed by atoms with Gasteiger partial charge in [-0.1, -0.05) is 57.4 Å². The van der Waals surface area contributed by atoms with E-state index in [4.69, 9.17) is 5.73 Å². The average molecular weight is 400 g/mol. The van der Waals surface area contributed by atoms with Gasteiger partial charge in [-0.05, 0) is 48.6 Å². The molecule has 29 heavy (non-hydrogen) atoms. The smallest absolute Gasteiger partial charge is 0.236 e. The van der Waals surface area contributed by atoms with E-state index in [0.29, 0.717) is 31.5 Å². The number of carbonyl (C=O) groups excluding carboxylic acids is 2. The Morgan fingerprint density at radius 3 is 2.38 bits per heavy atom. The van der Waals surface area contributed by atoms with Gasteiger partial charge < -0.3 is 16.0 Å². The van der Waals surface area contributed by atoms with Crippen molar-refractivity contribution in [3.05, 3.63) is 35.4 Å². The predicted molar refractivity (Wildman–Crippen MR) is 116 cm³/mol. The number of hydrogen-bond donors (Lipinski definition) is 2. The number of nitrogens with two attached hydrogens (primary N) is 1. The summed E-state index contributed by atoms with van der Waals surface area (Å²) >= 11 is 0. The molecule has 2 aliphatic rings. The van der Waals surface area contributed by atoms with Gasteiger partial charge in [0, 0.05) is 19.1 Å². The molecule has 1 aliphatic heterocycles. The summed E-state index contributed by atoms with van der Waals surface area (Å²) < 4.78 is 0. The predicted octanol–water partition coefficient (Wildman–Crippen LogP) is 3.74. The van der Waals surface area contributed by atoms with E-state index in [0.717, 1.165) is 12.8 Å². The molecule has 0 spiro atoms. The maximum Gasteiger partial charge on any atom is 0.236 e. The Balaban J connectivity index is 1.58. The van der Waals surface area contributed by atoms with Crippen LogP contribution in [0.5, 0.6) is 0 Å². The number of primary amides is 1. The van der Waals surface area contributed by atoms with Crippen LogP contribution in [0.1, 0.15) is 81.9 Å². The van der Waals surface area contributed by atoms with Crippen molar-refractivity contribution in [3.63, 3.8) is 0 Å². The van der Waals surface area contributed by atoms with E-state index in [1.807, 2.05) is 0 Å². The van der Waals surface area contributed by atoms with E-state index in [1.165, 1.54) is 43.2 Å². The SMILES string of the molecule is CC(C)[C@@H](NCC(=O)N1CCC[C@@H](C(N)=O)C1)c1ccc(C2CCCCC2)cc1. The van der Waals surface area contributed by atoms with Crippen molar-refractivity contribution < 1.29 is 9.59 Å². The highest BCUT2D eigenvalue weighted by Gasteiger charge is 2.27. The van der Waals surface area contributed by atoms with Gasteiger partial charge in [-0.25, -0.2) is 0 Å². The molecule has 2 atom stereocenters. The number of amides is 2. The van der Waals surface area contributed by atoms with Gasteiger partial charge in [0.05, 0.1) is 12.5 Å². The standard InChI is InChI=1S/C24H37N3O2/c1-17(2)23(20-12-10-19(11-13-20)18-7-4-3-5-8-18)26-15-22(28)27-14-6-9-21(16-27)24(25)29/h10-13,17-18,21,23,26H,3-9,14-16H2,1-2H3,(H2,25,29)/t21-,23-/m1/s1. The van der Waals surface area contributed by atoms with Crippen LogP contribution < -0.4 is 11.1 Å². The summed E-state index contributed by atoms with van der Waals surface area (Å²) in [4.78, 5) is 26.0. The van der Waals surface area contributed by atoms with Gasteiger partial charge in [-0.2, -0.15) is 0 Å². The van der Waals surface area contributed by atoms with Crippen LogP contribution in [0.2, 0.25) is 0 Å². The van der Waals surface area contributed by atoms with Crippen molar-refractivity contribution >= 4 is 11.8 Å². The van der Waals surface area contributed by atoms with Crippen molar-refractivity contribution in [2.75, 3.05) is 19.6 Å². The van der Waals surface area contributed by atoms with Gasteiger partial charge in [-0.3, -0.25) is 9.59 Å². The van der Waals surface area contributed by atoms with Crippen LogP contribution in [0.15, 0.2) is 24.3 Å². The summed E-state index contributed by atoms with van der Waals surface area (Å²) in [5, 5.41) is 3.47. The number of rotatable bonds is 7. The number of hydrogen-bond acceptors (Lipinski definition) is 3. The van der Waals surface area contributed by atoms with Gasteiger partial charge in [-0.15, -0.1) is 0 Å². The highest BCUT2D eigenvalue weighted by molar-refractivity contribution is 5.81. The number of nitrogens with one attached hydrogen (secondary N) is 1. The van der Waals surface area contributed by atoms with Crippen LogP contribution in [0, 0.1) is 11.8 Å². The summed E-state index contributed by atoms with van der Waals surface area (Å²) in [6.45, 7) is 5.83. The molecule has 160 valence electrons. The molecule has 0 bridgehead atoms. The fourth-order valence-corrected chi connectivity index (χ4v) is 4.89. The monoisotopic (exact) mass is 399 g/mol. The second-order valence-corrected chi connectivity index (χ2v) is 9.19. The van der Waals surface area contributed by atoms with Crippen LogP contribution in [0.3, 0.4) is 0 Å². The van der Waals surface area contributed by atoms with Crippen molar-refractivity contribution in [2.45, 2.75) is 70.8 Å². The van der Waals surface area contributed by atoms with Crippen LogP contribution in [-0.4, -0.2) is 36.3 Å². The molecule has 5 heteroatoms. The maximum absolute atomic E-state index is 12.7. The van der Waals surface area contributed by atoms with Gasteiger partial charge in [0.15, 0.2) is 0 Å². The first-order valence-electron chi connectivity index (χ1n) is 11.4.